The molecule has 164 valence electrons. The molecular weight excluding hydrogens is 434 g/mol. The zero-order valence-corrected chi connectivity index (χ0v) is 19.4. The average molecular weight is 460 g/mol. The van der Waals surface area contributed by atoms with Gasteiger partial charge in [-0.05, 0) is 25.1 Å². The second-order valence-electron chi connectivity index (χ2n) is 7.29. The van der Waals surface area contributed by atoms with Gasteiger partial charge in [-0.1, -0.05) is 23.8 Å². The third kappa shape index (κ3) is 4.39. The molecule has 2 heterocycles. The molecule has 0 radical (unpaired) electrons. The Morgan fingerprint density at radius 3 is 2.45 bits per heavy atom. The molecule has 2 aromatic carbocycles. The first-order valence-corrected chi connectivity index (χ1v) is 12.2. The Morgan fingerprint density at radius 1 is 1.00 bits per heavy atom. The van der Waals surface area contributed by atoms with Crippen LogP contribution in [-0.4, -0.2) is 58.1 Å². The largest absolute Gasteiger partial charge is 0.497 e. The Hall–Kier alpha value is -2.62. The van der Waals surface area contributed by atoms with E-state index in [-0.39, 0.29) is 10.6 Å². The van der Waals surface area contributed by atoms with Crippen LogP contribution >= 0.6 is 11.3 Å². The van der Waals surface area contributed by atoms with E-state index in [0.717, 1.165) is 16.4 Å². The maximum absolute atomic E-state index is 13.2. The number of aryl methyl sites for hydroxylation is 1. The maximum Gasteiger partial charge on any atom is 0.246 e. The van der Waals surface area contributed by atoms with Crippen molar-refractivity contribution >= 4 is 26.5 Å². The Balaban J connectivity index is 1.48. The minimum absolute atomic E-state index is 0.153. The van der Waals surface area contributed by atoms with E-state index in [2.05, 4.69) is 35.4 Å². The van der Waals surface area contributed by atoms with Crippen molar-refractivity contribution in [2.45, 2.75) is 11.8 Å². The molecule has 3 aromatic rings. The first-order valence-electron chi connectivity index (χ1n) is 9.92. The molecule has 0 N–H and O–H groups in total. The summed E-state index contributed by atoms with van der Waals surface area (Å²) < 4.78 is 38.4. The molecule has 4 rings (SSSR count). The molecule has 0 atom stereocenters. The summed E-state index contributed by atoms with van der Waals surface area (Å²) in [6, 6.07) is 13.0. The molecule has 1 aliphatic rings. The van der Waals surface area contributed by atoms with E-state index in [1.54, 1.807) is 23.5 Å². The standard InChI is InChI=1S/C22H25N3O4S2/c1-16-5-4-6-17(13-16)19-15-30-22(23-19)24-9-11-25(12-10-24)31(26,27)21-8-7-18(28-2)14-20(21)29-3/h4-8,13-15H,9-12H2,1-3H3. The molecule has 0 saturated carbocycles. The lowest BCUT2D eigenvalue weighted by Crippen LogP contribution is -2.48. The van der Waals surface area contributed by atoms with Crippen LogP contribution < -0.4 is 14.4 Å². The lowest BCUT2D eigenvalue weighted by Gasteiger charge is -2.34. The second kappa shape index (κ2) is 8.86. The summed E-state index contributed by atoms with van der Waals surface area (Å²) >= 11 is 1.58. The Morgan fingerprint density at radius 2 is 1.77 bits per heavy atom. The highest BCUT2D eigenvalue weighted by atomic mass is 32.2. The van der Waals surface area contributed by atoms with Crippen LogP contribution in [0.1, 0.15) is 5.56 Å². The van der Waals surface area contributed by atoms with Gasteiger partial charge in [0.1, 0.15) is 16.4 Å². The highest BCUT2D eigenvalue weighted by molar-refractivity contribution is 7.89. The fraction of sp³-hybridized carbons (Fsp3) is 0.318. The number of thiazole rings is 1. The number of rotatable bonds is 6. The average Bonchev–Trinajstić information content (AvgIpc) is 3.29. The number of anilines is 1. The number of aromatic nitrogens is 1. The van der Waals surface area contributed by atoms with Gasteiger partial charge >= 0.3 is 0 Å². The molecule has 0 amide bonds. The van der Waals surface area contributed by atoms with Crippen molar-refractivity contribution in [3.05, 3.63) is 53.4 Å². The maximum atomic E-state index is 13.2. The van der Waals surface area contributed by atoms with Gasteiger partial charge in [0, 0.05) is 43.2 Å². The Bertz CT molecular complexity index is 1170. The SMILES string of the molecule is COc1ccc(S(=O)(=O)N2CCN(c3nc(-c4cccc(C)c4)cs3)CC2)c(OC)c1. The van der Waals surface area contributed by atoms with Gasteiger partial charge in [0.25, 0.3) is 0 Å². The van der Waals surface area contributed by atoms with Crippen LogP contribution in [0.25, 0.3) is 11.3 Å². The van der Waals surface area contributed by atoms with Crippen LogP contribution in [0.15, 0.2) is 52.7 Å². The van der Waals surface area contributed by atoms with Gasteiger partial charge in [-0.25, -0.2) is 13.4 Å². The summed E-state index contributed by atoms with van der Waals surface area (Å²) in [6.07, 6.45) is 0. The van der Waals surface area contributed by atoms with Crippen LogP contribution in [0.4, 0.5) is 5.13 Å². The quantitative estimate of drug-likeness (QED) is 0.560. The fourth-order valence-electron chi connectivity index (χ4n) is 3.59. The second-order valence-corrected chi connectivity index (χ2v) is 10.0. The van der Waals surface area contributed by atoms with Crippen LogP contribution in [0, 0.1) is 6.92 Å². The third-order valence-corrected chi connectivity index (χ3v) is 8.14. The van der Waals surface area contributed by atoms with E-state index in [0.29, 0.717) is 31.9 Å². The summed E-state index contributed by atoms with van der Waals surface area (Å²) in [5, 5.41) is 2.96. The summed E-state index contributed by atoms with van der Waals surface area (Å²) in [4.78, 5) is 7.07. The Kier molecular flexibility index (Phi) is 6.17. The molecule has 1 aliphatic heterocycles. The van der Waals surface area contributed by atoms with Crippen LogP contribution in [0.5, 0.6) is 11.5 Å². The topological polar surface area (TPSA) is 72.0 Å². The minimum Gasteiger partial charge on any atom is -0.497 e. The highest BCUT2D eigenvalue weighted by Gasteiger charge is 2.31. The number of sulfonamides is 1. The highest BCUT2D eigenvalue weighted by Crippen LogP contribution is 2.32. The number of nitrogens with zero attached hydrogens (tertiary/aromatic N) is 3. The van der Waals surface area contributed by atoms with E-state index < -0.39 is 10.0 Å². The van der Waals surface area contributed by atoms with Gasteiger partial charge in [-0.2, -0.15) is 4.31 Å². The number of piperazine rings is 1. The fourth-order valence-corrected chi connectivity index (χ4v) is 6.04. The summed E-state index contributed by atoms with van der Waals surface area (Å²) in [5.74, 6) is 0.832. The summed E-state index contributed by atoms with van der Waals surface area (Å²) in [6.45, 7) is 4.00. The minimum atomic E-state index is -3.67. The molecule has 0 unspecified atom stereocenters. The van der Waals surface area contributed by atoms with E-state index >= 15 is 0 Å². The smallest absolute Gasteiger partial charge is 0.246 e. The number of benzene rings is 2. The normalized spacial score (nSPS) is 15.1. The zero-order valence-electron chi connectivity index (χ0n) is 17.7. The van der Waals surface area contributed by atoms with Crippen molar-refractivity contribution in [3.8, 4) is 22.8 Å². The van der Waals surface area contributed by atoms with Gasteiger partial charge in [0.15, 0.2) is 5.13 Å². The van der Waals surface area contributed by atoms with Crippen molar-refractivity contribution in [1.82, 2.24) is 9.29 Å². The van der Waals surface area contributed by atoms with E-state index in [1.807, 2.05) is 6.07 Å². The monoisotopic (exact) mass is 459 g/mol. The number of ether oxygens (including phenoxy) is 2. The van der Waals surface area contributed by atoms with Gasteiger partial charge < -0.3 is 14.4 Å². The van der Waals surface area contributed by atoms with Gasteiger partial charge in [-0.3, -0.25) is 0 Å². The summed E-state index contributed by atoms with van der Waals surface area (Å²) in [7, 11) is -0.678. The first-order chi connectivity index (χ1) is 14.9. The van der Waals surface area contributed by atoms with E-state index in [1.165, 1.54) is 30.2 Å². The van der Waals surface area contributed by atoms with E-state index in [4.69, 9.17) is 14.5 Å². The third-order valence-electron chi connectivity index (χ3n) is 5.30. The van der Waals surface area contributed by atoms with Crippen molar-refractivity contribution in [1.29, 1.82) is 0 Å². The zero-order chi connectivity index (χ0) is 22.0. The molecule has 0 bridgehead atoms. The van der Waals surface area contributed by atoms with Gasteiger partial charge in [0.2, 0.25) is 10.0 Å². The van der Waals surface area contributed by atoms with Crippen LogP contribution in [0.2, 0.25) is 0 Å². The molecular formula is C22H25N3O4S2. The van der Waals surface area contributed by atoms with Crippen LogP contribution in [-0.2, 0) is 10.0 Å². The molecule has 9 heteroatoms. The lowest BCUT2D eigenvalue weighted by molar-refractivity contribution is 0.370. The number of methoxy groups -OCH3 is 2. The molecule has 0 aliphatic carbocycles. The van der Waals surface area contributed by atoms with Crippen LogP contribution in [0.3, 0.4) is 0 Å². The Labute approximate surface area is 186 Å². The van der Waals surface area contributed by atoms with E-state index in [9.17, 15) is 8.42 Å². The number of hydrogen-bond donors (Lipinski definition) is 0. The molecule has 7 nitrogen and oxygen atoms in total. The molecule has 31 heavy (non-hydrogen) atoms. The lowest BCUT2D eigenvalue weighted by atomic mass is 10.1. The summed E-state index contributed by atoms with van der Waals surface area (Å²) in [5.41, 5.74) is 3.23. The van der Waals surface area contributed by atoms with Crippen molar-refractivity contribution < 1.29 is 17.9 Å². The van der Waals surface area contributed by atoms with Gasteiger partial charge in [0.05, 0.1) is 19.9 Å². The molecule has 0 spiro atoms. The van der Waals surface area contributed by atoms with Crippen molar-refractivity contribution in [2.75, 3.05) is 45.3 Å². The molecule has 1 aromatic heterocycles. The molecule has 1 fully saturated rings. The predicted octanol–water partition coefficient (Wildman–Crippen LogP) is 3.65. The molecule has 1 saturated heterocycles. The first kappa shape index (κ1) is 21.6. The van der Waals surface area contributed by atoms with Crippen molar-refractivity contribution in [2.24, 2.45) is 0 Å². The van der Waals surface area contributed by atoms with Crippen molar-refractivity contribution in [3.63, 3.8) is 0 Å². The number of hydrogen-bond acceptors (Lipinski definition) is 7. The predicted molar refractivity (Wildman–Crippen MR) is 123 cm³/mol. The van der Waals surface area contributed by atoms with Gasteiger partial charge in [-0.15, -0.1) is 11.3 Å².